The highest BCUT2D eigenvalue weighted by Gasteiger charge is 2.33. The van der Waals surface area contributed by atoms with Gasteiger partial charge < -0.3 is 15.8 Å². The number of amides is 1. The minimum absolute atomic E-state index is 0.0154. The molecule has 1 saturated carbocycles. The molecule has 0 radical (unpaired) electrons. The minimum Gasteiger partial charge on any atom is -0.380 e. The molecule has 0 spiro atoms. The lowest BCUT2D eigenvalue weighted by Gasteiger charge is -2.33. The van der Waals surface area contributed by atoms with Gasteiger partial charge in [-0.1, -0.05) is 13.3 Å². The van der Waals surface area contributed by atoms with Gasteiger partial charge in [0, 0.05) is 19.7 Å². The highest BCUT2D eigenvalue weighted by molar-refractivity contribution is 5.79. The summed E-state index contributed by atoms with van der Waals surface area (Å²) in [5.74, 6) is 0.447. The van der Waals surface area contributed by atoms with Crippen molar-refractivity contribution >= 4 is 5.91 Å². The number of carbonyl (C=O) groups excluding carboxylic acids is 1. The fourth-order valence-electron chi connectivity index (χ4n) is 2.35. The molecule has 0 aromatic heterocycles. The fourth-order valence-corrected chi connectivity index (χ4v) is 2.35. The SMILES string of the molecule is COC(C)CNC(=O)C1C(C)CCCC1N. The zero-order valence-corrected chi connectivity index (χ0v) is 10.5. The Balaban J connectivity index is 2.44. The Labute approximate surface area is 97.9 Å². The maximum Gasteiger partial charge on any atom is 0.225 e. The van der Waals surface area contributed by atoms with E-state index < -0.39 is 0 Å². The fraction of sp³-hybridized carbons (Fsp3) is 0.917. The number of ether oxygens (including phenoxy) is 1. The van der Waals surface area contributed by atoms with Crippen LogP contribution in [0.1, 0.15) is 33.1 Å². The standard InChI is InChI=1S/C12H24N2O2/c1-8-5-4-6-10(13)11(8)12(15)14-7-9(2)16-3/h8-11H,4-7,13H2,1-3H3,(H,14,15). The van der Waals surface area contributed by atoms with Crippen molar-refractivity contribution in [3.8, 4) is 0 Å². The Bertz CT molecular complexity index is 223. The normalized spacial score (nSPS) is 32.1. The number of hydrogen-bond acceptors (Lipinski definition) is 3. The molecular formula is C12H24N2O2. The Morgan fingerprint density at radius 3 is 2.81 bits per heavy atom. The number of rotatable bonds is 4. The first-order valence-corrected chi connectivity index (χ1v) is 6.12. The van der Waals surface area contributed by atoms with Gasteiger partial charge in [-0.25, -0.2) is 0 Å². The molecule has 0 aromatic rings. The molecule has 1 aliphatic carbocycles. The molecule has 1 amide bonds. The zero-order chi connectivity index (χ0) is 12.1. The van der Waals surface area contributed by atoms with Crippen LogP contribution in [-0.4, -0.2) is 31.7 Å². The molecule has 16 heavy (non-hydrogen) atoms. The highest BCUT2D eigenvalue weighted by atomic mass is 16.5. The van der Waals surface area contributed by atoms with Gasteiger partial charge in [-0.3, -0.25) is 4.79 Å². The van der Waals surface area contributed by atoms with Crippen molar-refractivity contribution in [2.24, 2.45) is 17.6 Å². The smallest absolute Gasteiger partial charge is 0.225 e. The number of carbonyl (C=O) groups is 1. The van der Waals surface area contributed by atoms with Gasteiger partial charge in [0.1, 0.15) is 0 Å². The molecule has 4 nitrogen and oxygen atoms in total. The van der Waals surface area contributed by atoms with Crippen LogP contribution in [0, 0.1) is 11.8 Å². The summed E-state index contributed by atoms with van der Waals surface area (Å²) in [6, 6.07) is 0.0154. The number of nitrogens with one attached hydrogen (secondary N) is 1. The highest BCUT2D eigenvalue weighted by Crippen LogP contribution is 2.28. The van der Waals surface area contributed by atoms with E-state index in [1.54, 1.807) is 7.11 Å². The van der Waals surface area contributed by atoms with Gasteiger partial charge in [-0.15, -0.1) is 0 Å². The van der Waals surface area contributed by atoms with Crippen molar-refractivity contribution in [2.75, 3.05) is 13.7 Å². The van der Waals surface area contributed by atoms with E-state index in [9.17, 15) is 4.79 Å². The maximum absolute atomic E-state index is 12.0. The van der Waals surface area contributed by atoms with Crippen LogP contribution in [0.4, 0.5) is 0 Å². The quantitative estimate of drug-likeness (QED) is 0.751. The lowest BCUT2D eigenvalue weighted by Crippen LogP contribution is -2.48. The lowest BCUT2D eigenvalue weighted by atomic mass is 9.76. The molecule has 1 aliphatic rings. The number of hydrogen-bond donors (Lipinski definition) is 2. The van der Waals surface area contributed by atoms with E-state index in [4.69, 9.17) is 10.5 Å². The van der Waals surface area contributed by atoms with Gasteiger partial charge in [-0.05, 0) is 25.7 Å². The van der Waals surface area contributed by atoms with Crippen molar-refractivity contribution in [1.29, 1.82) is 0 Å². The van der Waals surface area contributed by atoms with Gasteiger partial charge >= 0.3 is 0 Å². The largest absolute Gasteiger partial charge is 0.380 e. The molecule has 1 fully saturated rings. The predicted molar refractivity (Wildman–Crippen MR) is 64.0 cm³/mol. The van der Waals surface area contributed by atoms with Crippen molar-refractivity contribution < 1.29 is 9.53 Å². The van der Waals surface area contributed by atoms with E-state index in [1.807, 2.05) is 6.92 Å². The Morgan fingerprint density at radius 1 is 1.56 bits per heavy atom. The molecule has 0 saturated heterocycles. The van der Waals surface area contributed by atoms with Crippen molar-refractivity contribution in [2.45, 2.75) is 45.3 Å². The molecule has 3 N–H and O–H groups in total. The molecular weight excluding hydrogens is 204 g/mol. The van der Waals surface area contributed by atoms with Crippen LogP contribution >= 0.6 is 0 Å². The second kappa shape index (κ2) is 6.21. The van der Waals surface area contributed by atoms with Crippen molar-refractivity contribution in [3.63, 3.8) is 0 Å². The third-order valence-electron chi connectivity index (χ3n) is 3.54. The maximum atomic E-state index is 12.0. The van der Waals surface area contributed by atoms with E-state index in [0.29, 0.717) is 12.5 Å². The van der Waals surface area contributed by atoms with Crippen LogP contribution < -0.4 is 11.1 Å². The van der Waals surface area contributed by atoms with E-state index in [-0.39, 0.29) is 24.0 Å². The van der Waals surface area contributed by atoms with E-state index >= 15 is 0 Å². The third kappa shape index (κ3) is 3.46. The van der Waals surface area contributed by atoms with Crippen LogP contribution in [0.5, 0.6) is 0 Å². The summed E-state index contributed by atoms with van der Waals surface area (Å²) in [5.41, 5.74) is 6.02. The second-order valence-corrected chi connectivity index (χ2v) is 4.89. The summed E-state index contributed by atoms with van der Waals surface area (Å²) < 4.78 is 5.10. The lowest BCUT2D eigenvalue weighted by molar-refractivity contribution is -0.128. The van der Waals surface area contributed by atoms with Crippen LogP contribution in [0.25, 0.3) is 0 Å². The topological polar surface area (TPSA) is 64.3 Å². The average Bonchev–Trinajstić information content (AvgIpc) is 2.25. The Morgan fingerprint density at radius 2 is 2.25 bits per heavy atom. The summed E-state index contributed by atoms with van der Waals surface area (Å²) in [4.78, 5) is 12.0. The summed E-state index contributed by atoms with van der Waals surface area (Å²) in [6.45, 7) is 4.61. The van der Waals surface area contributed by atoms with Crippen LogP contribution in [0.2, 0.25) is 0 Å². The Kier molecular flexibility index (Phi) is 5.22. The zero-order valence-electron chi connectivity index (χ0n) is 10.5. The van der Waals surface area contributed by atoms with Gasteiger partial charge in [0.15, 0.2) is 0 Å². The summed E-state index contributed by atoms with van der Waals surface area (Å²) in [5, 5.41) is 2.92. The molecule has 4 atom stereocenters. The molecule has 0 aliphatic heterocycles. The first-order valence-electron chi connectivity index (χ1n) is 6.12. The van der Waals surface area contributed by atoms with E-state index in [0.717, 1.165) is 19.3 Å². The molecule has 0 heterocycles. The minimum atomic E-state index is -0.0298. The van der Waals surface area contributed by atoms with Gasteiger partial charge in [0.05, 0.1) is 12.0 Å². The van der Waals surface area contributed by atoms with Crippen molar-refractivity contribution in [1.82, 2.24) is 5.32 Å². The van der Waals surface area contributed by atoms with Crippen LogP contribution in [0.15, 0.2) is 0 Å². The van der Waals surface area contributed by atoms with Crippen LogP contribution in [-0.2, 0) is 9.53 Å². The van der Waals surface area contributed by atoms with Gasteiger partial charge in [0.2, 0.25) is 5.91 Å². The van der Waals surface area contributed by atoms with Gasteiger partial charge in [0.25, 0.3) is 0 Å². The second-order valence-electron chi connectivity index (χ2n) is 4.89. The number of nitrogens with two attached hydrogens (primary N) is 1. The summed E-state index contributed by atoms with van der Waals surface area (Å²) in [7, 11) is 1.64. The number of methoxy groups -OCH3 is 1. The molecule has 0 bridgehead atoms. The van der Waals surface area contributed by atoms with Crippen molar-refractivity contribution in [3.05, 3.63) is 0 Å². The molecule has 0 aromatic carbocycles. The average molecular weight is 228 g/mol. The Hall–Kier alpha value is -0.610. The first-order chi connectivity index (χ1) is 7.56. The predicted octanol–water partition coefficient (Wildman–Crippen LogP) is 0.901. The van der Waals surface area contributed by atoms with E-state index in [1.165, 1.54) is 0 Å². The molecule has 4 unspecified atom stereocenters. The first kappa shape index (κ1) is 13.5. The van der Waals surface area contributed by atoms with E-state index in [2.05, 4.69) is 12.2 Å². The van der Waals surface area contributed by atoms with Crippen LogP contribution in [0.3, 0.4) is 0 Å². The monoisotopic (exact) mass is 228 g/mol. The molecule has 94 valence electrons. The summed E-state index contributed by atoms with van der Waals surface area (Å²) >= 11 is 0. The molecule has 4 heteroatoms. The summed E-state index contributed by atoms with van der Waals surface area (Å²) in [6.07, 6.45) is 3.26. The molecule has 1 rings (SSSR count). The van der Waals surface area contributed by atoms with Gasteiger partial charge in [-0.2, -0.15) is 0 Å². The third-order valence-corrected chi connectivity index (χ3v) is 3.54.